The van der Waals surface area contributed by atoms with Gasteiger partial charge in [-0.15, -0.1) is 0 Å². The van der Waals surface area contributed by atoms with E-state index in [1.165, 1.54) is 13.0 Å². The smallest absolute Gasteiger partial charge is 0.257 e. The molecule has 1 amide bonds. The number of rotatable bonds is 7. The first-order chi connectivity index (χ1) is 11.5. The Morgan fingerprint density at radius 2 is 1.88 bits per heavy atom. The van der Waals surface area contributed by atoms with E-state index in [0.717, 1.165) is 5.56 Å². The van der Waals surface area contributed by atoms with Crippen LogP contribution in [0.25, 0.3) is 0 Å². The molecule has 1 atom stereocenters. The lowest BCUT2D eigenvalue weighted by molar-refractivity contribution is -0.123. The number of benzene rings is 2. The maximum atomic E-state index is 12.0. The third-order valence-electron chi connectivity index (χ3n) is 3.65. The zero-order chi connectivity index (χ0) is 17.5. The molecule has 1 N–H and O–H groups in total. The van der Waals surface area contributed by atoms with Crippen LogP contribution in [0.4, 0.5) is 0 Å². The van der Waals surface area contributed by atoms with Gasteiger partial charge in [0.25, 0.3) is 5.91 Å². The molecule has 0 aliphatic heterocycles. The average Bonchev–Trinajstić information content (AvgIpc) is 2.59. The average molecular weight is 346 g/mol. The summed E-state index contributed by atoms with van der Waals surface area (Å²) in [7, 11) is 0. The first-order valence-corrected chi connectivity index (χ1v) is 8.10. The lowest BCUT2D eigenvalue weighted by Crippen LogP contribution is -2.32. The van der Waals surface area contributed by atoms with E-state index in [1.54, 1.807) is 12.1 Å². The van der Waals surface area contributed by atoms with Gasteiger partial charge in [-0.3, -0.25) is 9.59 Å². The maximum Gasteiger partial charge on any atom is 0.257 e. The van der Waals surface area contributed by atoms with Crippen molar-refractivity contribution in [2.75, 3.05) is 13.2 Å². The summed E-state index contributed by atoms with van der Waals surface area (Å²) in [5.74, 6) is 0.171. The van der Waals surface area contributed by atoms with Gasteiger partial charge in [0, 0.05) is 11.6 Å². The molecule has 0 aromatic heterocycles. The van der Waals surface area contributed by atoms with E-state index in [2.05, 4.69) is 5.32 Å². The number of Topliss-reactive ketones (excluding diaryl/α,β-unsaturated/α-hetero) is 1. The predicted molar refractivity (Wildman–Crippen MR) is 94.8 cm³/mol. The molecule has 0 bridgehead atoms. The van der Waals surface area contributed by atoms with E-state index in [-0.39, 0.29) is 24.2 Å². The van der Waals surface area contributed by atoms with Crippen molar-refractivity contribution in [3.05, 3.63) is 64.7 Å². The molecule has 4 nitrogen and oxygen atoms in total. The number of ether oxygens (including phenoxy) is 1. The number of amides is 1. The SMILES string of the molecule is CC(=O)c1cc(Cl)ccc1OCC(=O)NC[C@H](C)c1ccccc1. The minimum atomic E-state index is -0.234. The van der Waals surface area contributed by atoms with Gasteiger partial charge in [0.05, 0.1) is 5.56 Å². The Kier molecular flexibility index (Phi) is 6.38. The molecule has 24 heavy (non-hydrogen) atoms. The van der Waals surface area contributed by atoms with Crippen molar-refractivity contribution in [1.29, 1.82) is 0 Å². The van der Waals surface area contributed by atoms with E-state index >= 15 is 0 Å². The summed E-state index contributed by atoms with van der Waals surface area (Å²) in [4.78, 5) is 23.5. The summed E-state index contributed by atoms with van der Waals surface area (Å²) in [6, 6.07) is 14.7. The van der Waals surface area contributed by atoms with Gasteiger partial charge < -0.3 is 10.1 Å². The highest BCUT2D eigenvalue weighted by molar-refractivity contribution is 6.31. The van der Waals surface area contributed by atoms with Crippen molar-refractivity contribution in [2.45, 2.75) is 19.8 Å². The van der Waals surface area contributed by atoms with Crippen LogP contribution in [0.2, 0.25) is 5.02 Å². The third kappa shape index (κ3) is 5.10. The first-order valence-electron chi connectivity index (χ1n) is 7.72. The molecule has 2 aromatic rings. The molecule has 0 aliphatic carbocycles. The Morgan fingerprint density at radius 1 is 1.17 bits per heavy atom. The molecule has 0 spiro atoms. The molecular weight excluding hydrogens is 326 g/mol. The molecule has 2 rings (SSSR count). The van der Waals surface area contributed by atoms with Gasteiger partial charge in [-0.1, -0.05) is 48.9 Å². The summed E-state index contributed by atoms with van der Waals surface area (Å²) in [6.07, 6.45) is 0. The normalized spacial score (nSPS) is 11.6. The van der Waals surface area contributed by atoms with Crippen molar-refractivity contribution in [2.24, 2.45) is 0 Å². The molecule has 5 heteroatoms. The van der Waals surface area contributed by atoms with Crippen molar-refractivity contribution in [1.82, 2.24) is 5.32 Å². The lowest BCUT2D eigenvalue weighted by Gasteiger charge is -2.14. The standard InChI is InChI=1S/C19H20ClNO3/c1-13(15-6-4-3-5-7-15)11-21-19(23)12-24-18-9-8-16(20)10-17(18)14(2)22/h3-10,13H,11-12H2,1-2H3,(H,21,23)/t13-/m0/s1. The number of nitrogens with one attached hydrogen (secondary N) is 1. The predicted octanol–water partition coefficient (Wildman–Crippen LogP) is 3.84. The van der Waals surface area contributed by atoms with Gasteiger partial charge in [0.1, 0.15) is 5.75 Å². The van der Waals surface area contributed by atoms with E-state index in [9.17, 15) is 9.59 Å². The van der Waals surface area contributed by atoms with Gasteiger partial charge in [-0.25, -0.2) is 0 Å². The second kappa shape index (κ2) is 8.50. The second-order valence-corrected chi connectivity index (χ2v) is 6.04. The van der Waals surface area contributed by atoms with Crippen LogP contribution in [-0.2, 0) is 4.79 Å². The number of carbonyl (C=O) groups excluding carboxylic acids is 2. The van der Waals surface area contributed by atoms with Crippen molar-refractivity contribution in [3.63, 3.8) is 0 Å². The Hall–Kier alpha value is -2.33. The van der Waals surface area contributed by atoms with Crippen molar-refractivity contribution >= 4 is 23.3 Å². The molecule has 0 aliphatic rings. The van der Waals surface area contributed by atoms with Gasteiger partial charge in [-0.2, -0.15) is 0 Å². The van der Waals surface area contributed by atoms with Crippen LogP contribution in [0.3, 0.4) is 0 Å². The second-order valence-electron chi connectivity index (χ2n) is 5.60. The summed E-state index contributed by atoms with van der Waals surface area (Å²) in [6.45, 7) is 3.85. The van der Waals surface area contributed by atoms with E-state index in [4.69, 9.17) is 16.3 Å². The number of hydrogen-bond acceptors (Lipinski definition) is 3. The highest BCUT2D eigenvalue weighted by atomic mass is 35.5. The number of carbonyl (C=O) groups is 2. The fourth-order valence-corrected chi connectivity index (χ4v) is 2.44. The Balaban J connectivity index is 1.87. The van der Waals surface area contributed by atoms with E-state index in [0.29, 0.717) is 22.9 Å². The van der Waals surface area contributed by atoms with Gasteiger partial charge in [-0.05, 0) is 36.6 Å². The highest BCUT2D eigenvalue weighted by Gasteiger charge is 2.12. The Morgan fingerprint density at radius 3 is 2.54 bits per heavy atom. The summed E-state index contributed by atoms with van der Waals surface area (Å²) >= 11 is 5.88. The monoisotopic (exact) mass is 345 g/mol. The molecule has 0 saturated carbocycles. The topological polar surface area (TPSA) is 55.4 Å². The summed E-state index contributed by atoms with van der Waals surface area (Å²) < 4.78 is 5.46. The van der Waals surface area contributed by atoms with Crippen LogP contribution in [-0.4, -0.2) is 24.8 Å². The maximum absolute atomic E-state index is 12.0. The van der Waals surface area contributed by atoms with Crippen molar-refractivity contribution < 1.29 is 14.3 Å². The van der Waals surface area contributed by atoms with E-state index < -0.39 is 0 Å². The first kappa shape index (κ1) is 18.0. The van der Waals surface area contributed by atoms with Crippen LogP contribution in [0.5, 0.6) is 5.75 Å². The minimum Gasteiger partial charge on any atom is -0.483 e. The zero-order valence-corrected chi connectivity index (χ0v) is 14.5. The van der Waals surface area contributed by atoms with E-state index in [1.807, 2.05) is 37.3 Å². The van der Waals surface area contributed by atoms with Crippen LogP contribution in [0.1, 0.15) is 35.7 Å². The molecule has 0 fully saturated rings. The zero-order valence-electron chi connectivity index (χ0n) is 13.7. The summed E-state index contributed by atoms with van der Waals surface area (Å²) in [5, 5.41) is 3.29. The summed E-state index contributed by atoms with van der Waals surface area (Å²) in [5.41, 5.74) is 1.53. The number of hydrogen-bond donors (Lipinski definition) is 1. The molecule has 2 aromatic carbocycles. The third-order valence-corrected chi connectivity index (χ3v) is 3.89. The molecule has 0 unspecified atom stereocenters. The largest absolute Gasteiger partial charge is 0.483 e. The molecular formula is C19H20ClNO3. The molecule has 0 radical (unpaired) electrons. The van der Waals surface area contributed by atoms with Gasteiger partial charge >= 0.3 is 0 Å². The van der Waals surface area contributed by atoms with Crippen LogP contribution >= 0.6 is 11.6 Å². The fraction of sp³-hybridized carbons (Fsp3) is 0.263. The quantitative estimate of drug-likeness (QED) is 0.776. The fourth-order valence-electron chi connectivity index (χ4n) is 2.26. The number of ketones is 1. The number of halogens is 1. The van der Waals surface area contributed by atoms with Crippen molar-refractivity contribution in [3.8, 4) is 5.75 Å². The lowest BCUT2D eigenvalue weighted by atomic mass is 10.0. The molecule has 0 saturated heterocycles. The van der Waals surface area contributed by atoms with Crippen LogP contribution < -0.4 is 10.1 Å². The molecule has 126 valence electrons. The molecule has 0 heterocycles. The Bertz CT molecular complexity index is 716. The van der Waals surface area contributed by atoms with Gasteiger partial charge in [0.15, 0.2) is 12.4 Å². The highest BCUT2D eigenvalue weighted by Crippen LogP contribution is 2.23. The van der Waals surface area contributed by atoms with Gasteiger partial charge in [0.2, 0.25) is 0 Å². The van der Waals surface area contributed by atoms with Crippen LogP contribution in [0, 0.1) is 0 Å². The minimum absolute atomic E-state index is 0.149. The van der Waals surface area contributed by atoms with Crippen LogP contribution in [0.15, 0.2) is 48.5 Å². The Labute approximate surface area is 146 Å².